The van der Waals surface area contributed by atoms with E-state index in [0.717, 1.165) is 5.56 Å². The van der Waals surface area contributed by atoms with E-state index in [1.165, 1.54) is 6.33 Å². The first-order valence-electron chi connectivity index (χ1n) is 5.07. The summed E-state index contributed by atoms with van der Waals surface area (Å²) < 4.78 is 1.61. The third-order valence-corrected chi connectivity index (χ3v) is 2.74. The van der Waals surface area contributed by atoms with E-state index in [1.54, 1.807) is 23.6 Å². The van der Waals surface area contributed by atoms with Gasteiger partial charge in [-0.1, -0.05) is 23.7 Å². The molecule has 0 bridgehead atoms. The molecule has 17 heavy (non-hydrogen) atoms. The van der Waals surface area contributed by atoms with Crippen LogP contribution in [0.3, 0.4) is 0 Å². The number of hydrogen-bond donors (Lipinski definition) is 1. The second-order valence-electron chi connectivity index (χ2n) is 3.74. The summed E-state index contributed by atoms with van der Waals surface area (Å²) in [4.78, 5) is 15.1. The van der Waals surface area contributed by atoms with Crippen LogP contribution < -0.4 is 0 Å². The van der Waals surface area contributed by atoms with E-state index in [0.29, 0.717) is 17.3 Å². The Morgan fingerprint density at radius 2 is 2.06 bits per heavy atom. The molecule has 0 unspecified atom stereocenters. The minimum absolute atomic E-state index is 0.222. The fourth-order valence-electron chi connectivity index (χ4n) is 1.67. The largest absolute Gasteiger partial charge is 0.477 e. The number of rotatable bonds is 3. The van der Waals surface area contributed by atoms with Crippen LogP contribution in [-0.2, 0) is 6.54 Å². The third kappa shape index (κ3) is 2.47. The number of aromatic nitrogens is 2. The molecule has 0 radical (unpaired) electrons. The van der Waals surface area contributed by atoms with Crippen LogP contribution in [-0.4, -0.2) is 20.6 Å². The number of aryl methyl sites for hydroxylation is 1. The SMILES string of the molecule is Cc1ncn(Cc2ccc(Cl)cc2)c1C(=O)O. The van der Waals surface area contributed by atoms with E-state index in [9.17, 15) is 4.79 Å². The van der Waals surface area contributed by atoms with Gasteiger partial charge in [-0.25, -0.2) is 9.78 Å². The molecule has 1 aromatic carbocycles. The van der Waals surface area contributed by atoms with Crippen molar-refractivity contribution in [3.8, 4) is 0 Å². The molecular formula is C12H11ClN2O2. The molecule has 0 amide bonds. The lowest BCUT2D eigenvalue weighted by Crippen LogP contribution is -2.09. The van der Waals surface area contributed by atoms with Gasteiger partial charge in [-0.15, -0.1) is 0 Å². The molecule has 2 rings (SSSR count). The molecule has 5 heteroatoms. The van der Waals surface area contributed by atoms with Gasteiger partial charge in [0.15, 0.2) is 0 Å². The van der Waals surface area contributed by atoms with Gasteiger partial charge in [-0.2, -0.15) is 0 Å². The molecule has 4 nitrogen and oxygen atoms in total. The Bertz CT molecular complexity index is 546. The smallest absolute Gasteiger partial charge is 0.354 e. The van der Waals surface area contributed by atoms with Gasteiger partial charge in [-0.05, 0) is 24.6 Å². The van der Waals surface area contributed by atoms with Gasteiger partial charge < -0.3 is 9.67 Å². The zero-order chi connectivity index (χ0) is 12.4. The van der Waals surface area contributed by atoms with Crippen molar-refractivity contribution in [2.24, 2.45) is 0 Å². The number of hydrogen-bond acceptors (Lipinski definition) is 2. The number of halogens is 1. The van der Waals surface area contributed by atoms with Crippen LogP contribution in [0.4, 0.5) is 0 Å². The highest BCUT2D eigenvalue weighted by Gasteiger charge is 2.14. The number of nitrogens with zero attached hydrogens (tertiary/aromatic N) is 2. The summed E-state index contributed by atoms with van der Waals surface area (Å²) in [5.74, 6) is -0.964. The van der Waals surface area contributed by atoms with Crippen LogP contribution in [0.1, 0.15) is 21.7 Å². The normalized spacial score (nSPS) is 10.5. The van der Waals surface area contributed by atoms with Crippen LogP contribution in [0.5, 0.6) is 0 Å². The molecule has 0 aliphatic carbocycles. The van der Waals surface area contributed by atoms with Crippen molar-refractivity contribution in [1.29, 1.82) is 0 Å². The lowest BCUT2D eigenvalue weighted by Gasteiger charge is -2.06. The molecule has 88 valence electrons. The molecule has 0 saturated carbocycles. The van der Waals surface area contributed by atoms with Crippen LogP contribution in [0.25, 0.3) is 0 Å². The average molecular weight is 251 g/mol. The maximum Gasteiger partial charge on any atom is 0.354 e. The summed E-state index contributed by atoms with van der Waals surface area (Å²) >= 11 is 5.79. The molecule has 1 N–H and O–H groups in total. The van der Waals surface area contributed by atoms with Crippen molar-refractivity contribution in [2.45, 2.75) is 13.5 Å². The first-order valence-corrected chi connectivity index (χ1v) is 5.45. The number of carboxylic acids is 1. The van der Waals surface area contributed by atoms with Gasteiger partial charge in [0.05, 0.1) is 12.0 Å². The second-order valence-corrected chi connectivity index (χ2v) is 4.17. The van der Waals surface area contributed by atoms with Crippen LogP contribution in [0.2, 0.25) is 5.02 Å². The minimum atomic E-state index is -0.964. The van der Waals surface area contributed by atoms with E-state index in [-0.39, 0.29) is 5.69 Å². The predicted octanol–water partition coefficient (Wildman–Crippen LogP) is 2.59. The molecule has 0 atom stereocenters. The molecule has 0 spiro atoms. The first kappa shape index (κ1) is 11.7. The van der Waals surface area contributed by atoms with E-state index >= 15 is 0 Å². The van der Waals surface area contributed by atoms with E-state index in [4.69, 9.17) is 16.7 Å². The maximum absolute atomic E-state index is 11.1. The number of benzene rings is 1. The topological polar surface area (TPSA) is 55.1 Å². The molecule has 0 fully saturated rings. The van der Waals surface area contributed by atoms with Gasteiger partial charge in [0.25, 0.3) is 0 Å². The van der Waals surface area contributed by atoms with Crippen molar-refractivity contribution < 1.29 is 9.90 Å². The summed E-state index contributed by atoms with van der Waals surface area (Å²) in [5.41, 5.74) is 1.72. The highest BCUT2D eigenvalue weighted by molar-refractivity contribution is 6.30. The number of imidazole rings is 1. The molecule has 0 aliphatic heterocycles. The summed E-state index contributed by atoms with van der Waals surface area (Å²) in [6, 6.07) is 7.29. The Labute approximate surface area is 103 Å². The standard InChI is InChI=1S/C12H11ClN2O2/c1-8-11(12(16)17)15(7-14-8)6-9-2-4-10(13)5-3-9/h2-5,7H,6H2,1H3,(H,16,17). The fourth-order valence-corrected chi connectivity index (χ4v) is 1.79. The quantitative estimate of drug-likeness (QED) is 0.911. The van der Waals surface area contributed by atoms with Crippen molar-refractivity contribution in [3.05, 3.63) is 52.6 Å². The summed E-state index contributed by atoms with van der Waals surface area (Å²) in [6.45, 7) is 2.15. The minimum Gasteiger partial charge on any atom is -0.477 e. The summed E-state index contributed by atoms with van der Waals surface area (Å²) in [6.07, 6.45) is 1.54. The van der Waals surface area contributed by atoms with Gasteiger partial charge in [0.1, 0.15) is 5.69 Å². The Morgan fingerprint density at radius 3 is 2.65 bits per heavy atom. The Morgan fingerprint density at radius 1 is 1.41 bits per heavy atom. The third-order valence-electron chi connectivity index (χ3n) is 2.49. The lowest BCUT2D eigenvalue weighted by molar-refractivity contribution is 0.0685. The molecule has 2 aromatic rings. The van der Waals surface area contributed by atoms with Crippen molar-refractivity contribution in [3.63, 3.8) is 0 Å². The summed E-state index contributed by atoms with van der Waals surface area (Å²) in [5, 5.41) is 9.74. The van der Waals surface area contributed by atoms with Crippen LogP contribution >= 0.6 is 11.6 Å². The highest BCUT2D eigenvalue weighted by Crippen LogP contribution is 2.13. The first-order chi connectivity index (χ1) is 8.08. The second kappa shape index (κ2) is 4.59. The Hall–Kier alpha value is -1.81. The number of carbonyl (C=O) groups is 1. The zero-order valence-electron chi connectivity index (χ0n) is 9.22. The van der Waals surface area contributed by atoms with Crippen LogP contribution in [0, 0.1) is 6.92 Å². The van der Waals surface area contributed by atoms with Gasteiger partial charge in [-0.3, -0.25) is 0 Å². The van der Waals surface area contributed by atoms with E-state index in [2.05, 4.69) is 4.98 Å². The highest BCUT2D eigenvalue weighted by atomic mass is 35.5. The van der Waals surface area contributed by atoms with E-state index < -0.39 is 5.97 Å². The van der Waals surface area contributed by atoms with Gasteiger partial charge in [0.2, 0.25) is 0 Å². The van der Waals surface area contributed by atoms with Crippen molar-refractivity contribution in [1.82, 2.24) is 9.55 Å². The average Bonchev–Trinajstić information content (AvgIpc) is 2.63. The molecule has 0 saturated heterocycles. The van der Waals surface area contributed by atoms with Crippen LogP contribution in [0.15, 0.2) is 30.6 Å². The van der Waals surface area contributed by atoms with Gasteiger partial charge >= 0.3 is 5.97 Å². The maximum atomic E-state index is 11.1. The molecule has 0 aliphatic rings. The molecule has 1 aromatic heterocycles. The van der Waals surface area contributed by atoms with E-state index in [1.807, 2.05) is 12.1 Å². The monoisotopic (exact) mass is 250 g/mol. The Kier molecular flexibility index (Phi) is 3.15. The summed E-state index contributed by atoms with van der Waals surface area (Å²) in [7, 11) is 0. The fraction of sp³-hybridized carbons (Fsp3) is 0.167. The molecule has 1 heterocycles. The number of carboxylic acid groups (broad SMARTS) is 1. The van der Waals surface area contributed by atoms with Crippen molar-refractivity contribution in [2.75, 3.05) is 0 Å². The van der Waals surface area contributed by atoms with Crippen molar-refractivity contribution >= 4 is 17.6 Å². The predicted molar refractivity (Wildman–Crippen MR) is 64.5 cm³/mol. The van der Waals surface area contributed by atoms with Gasteiger partial charge in [0, 0.05) is 11.6 Å². The Balaban J connectivity index is 2.30. The number of aromatic carboxylic acids is 1. The zero-order valence-corrected chi connectivity index (χ0v) is 9.98. The molecular weight excluding hydrogens is 240 g/mol. The lowest BCUT2D eigenvalue weighted by atomic mass is 10.2.